The molecular weight excluding hydrogens is 302 g/mol. The van der Waals surface area contributed by atoms with E-state index in [9.17, 15) is 4.79 Å². The van der Waals surface area contributed by atoms with Gasteiger partial charge >= 0.3 is 6.03 Å². The van der Waals surface area contributed by atoms with Gasteiger partial charge in [0.25, 0.3) is 0 Å². The summed E-state index contributed by atoms with van der Waals surface area (Å²) in [5.74, 6) is 0.227. The van der Waals surface area contributed by atoms with Crippen LogP contribution in [0.15, 0.2) is 36.7 Å². The van der Waals surface area contributed by atoms with E-state index in [0.717, 1.165) is 17.7 Å². The summed E-state index contributed by atoms with van der Waals surface area (Å²) in [5.41, 5.74) is 8.37. The maximum absolute atomic E-state index is 12.2. The molecule has 1 aromatic carbocycles. The van der Waals surface area contributed by atoms with E-state index in [1.54, 1.807) is 24.3 Å². The van der Waals surface area contributed by atoms with Crippen LogP contribution < -0.4 is 11.1 Å². The summed E-state index contributed by atoms with van der Waals surface area (Å²) >= 11 is 0. The van der Waals surface area contributed by atoms with Gasteiger partial charge in [-0.1, -0.05) is 31.9 Å². The van der Waals surface area contributed by atoms with Crippen LogP contribution in [0.1, 0.15) is 37.3 Å². The number of urea groups is 1. The van der Waals surface area contributed by atoms with Crippen LogP contribution in [0.2, 0.25) is 0 Å². The van der Waals surface area contributed by atoms with Crippen molar-refractivity contribution in [3.8, 4) is 0 Å². The van der Waals surface area contributed by atoms with Gasteiger partial charge in [-0.25, -0.2) is 14.8 Å². The molecule has 0 spiro atoms. The first kappa shape index (κ1) is 17.7. The molecule has 0 fully saturated rings. The third-order valence-electron chi connectivity index (χ3n) is 3.77. The number of carbonyl (C=O) groups is 1. The van der Waals surface area contributed by atoms with Gasteiger partial charge in [-0.3, -0.25) is 0 Å². The molecule has 6 heteroatoms. The Morgan fingerprint density at radius 3 is 2.42 bits per heavy atom. The zero-order valence-electron chi connectivity index (χ0n) is 14.3. The fourth-order valence-corrected chi connectivity index (χ4v) is 2.34. The van der Waals surface area contributed by atoms with Gasteiger partial charge in [-0.2, -0.15) is 0 Å². The molecule has 0 saturated carbocycles. The molecule has 24 heavy (non-hydrogen) atoms. The molecule has 2 rings (SSSR count). The van der Waals surface area contributed by atoms with E-state index in [1.165, 1.54) is 24.8 Å². The largest absolute Gasteiger partial charge is 0.368 e. The smallest absolute Gasteiger partial charge is 0.321 e. The van der Waals surface area contributed by atoms with Gasteiger partial charge < -0.3 is 16.0 Å². The summed E-state index contributed by atoms with van der Waals surface area (Å²) in [5, 5.41) is 2.89. The predicted molar refractivity (Wildman–Crippen MR) is 96.6 cm³/mol. The van der Waals surface area contributed by atoms with E-state index >= 15 is 0 Å². The van der Waals surface area contributed by atoms with Gasteiger partial charge in [-0.15, -0.1) is 0 Å². The lowest BCUT2D eigenvalue weighted by molar-refractivity contribution is 0.220. The maximum Gasteiger partial charge on any atom is 0.321 e. The van der Waals surface area contributed by atoms with Crippen LogP contribution in [-0.4, -0.2) is 27.9 Å². The molecule has 128 valence electrons. The van der Waals surface area contributed by atoms with Gasteiger partial charge in [0, 0.05) is 30.7 Å². The topological polar surface area (TPSA) is 84.1 Å². The molecule has 2 aromatic rings. The van der Waals surface area contributed by atoms with Crippen molar-refractivity contribution in [3.63, 3.8) is 0 Å². The SMILES string of the molecule is CCCCCc1ccc(NC(=O)N(C)Cc2cnc(N)nc2)cc1. The summed E-state index contributed by atoms with van der Waals surface area (Å²) in [6.07, 6.45) is 8.00. The molecule has 0 aliphatic heterocycles. The van der Waals surface area contributed by atoms with Crippen LogP contribution in [0.3, 0.4) is 0 Å². The van der Waals surface area contributed by atoms with Crippen LogP contribution in [0, 0.1) is 0 Å². The summed E-state index contributed by atoms with van der Waals surface area (Å²) < 4.78 is 0. The lowest BCUT2D eigenvalue weighted by atomic mass is 10.1. The summed E-state index contributed by atoms with van der Waals surface area (Å²) in [6.45, 7) is 2.62. The van der Waals surface area contributed by atoms with E-state index in [2.05, 4.69) is 34.3 Å². The number of anilines is 2. The molecule has 0 aliphatic rings. The minimum Gasteiger partial charge on any atom is -0.368 e. The fraction of sp³-hybridized carbons (Fsp3) is 0.389. The second-order valence-electron chi connectivity index (χ2n) is 5.89. The molecule has 1 aromatic heterocycles. The van der Waals surface area contributed by atoms with E-state index in [-0.39, 0.29) is 12.0 Å². The lowest BCUT2D eigenvalue weighted by Gasteiger charge is -2.18. The molecule has 0 saturated heterocycles. The molecular formula is C18H25N5O. The van der Waals surface area contributed by atoms with Crippen molar-refractivity contribution in [2.75, 3.05) is 18.1 Å². The molecule has 0 atom stereocenters. The highest BCUT2D eigenvalue weighted by Gasteiger charge is 2.10. The predicted octanol–water partition coefficient (Wildman–Crippen LogP) is 3.46. The Morgan fingerprint density at radius 2 is 1.79 bits per heavy atom. The normalized spacial score (nSPS) is 10.4. The van der Waals surface area contributed by atoms with Crippen molar-refractivity contribution < 1.29 is 4.79 Å². The Balaban J connectivity index is 1.85. The monoisotopic (exact) mass is 327 g/mol. The molecule has 0 unspecified atom stereocenters. The number of aromatic nitrogens is 2. The van der Waals surface area contributed by atoms with Crippen LogP contribution in [0.25, 0.3) is 0 Å². The van der Waals surface area contributed by atoms with Crippen molar-refractivity contribution in [2.45, 2.75) is 39.2 Å². The van der Waals surface area contributed by atoms with Gasteiger partial charge in [0.1, 0.15) is 0 Å². The Morgan fingerprint density at radius 1 is 1.12 bits per heavy atom. The van der Waals surface area contributed by atoms with Crippen LogP contribution >= 0.6 is 0 Å². The lowest BCUT2D eigenvalue weighted by Crippen LogP contribution is -2.30. The number of unbranched alkanes of at least 4 members (excludes halogenated alkanes) is 2. The maximum atomic E-state index is 12.2. The Kier molecular flexibility index (Phi) is 6.54. The highest BCUT2D eigenvalue weighted by atomic mass is 16.2. The van der Waals surface area contributed by atoms with Crippen molar-refractivity contribution in [2.24, 2.45) is 0 Å². The average Bonchev–Trinajstić information content (AvgIpc) is 2.58. The summed E-state index contributed by atoms with van der Waals surface area (Å²) in [6, 6.07) is 7.85. The first-order valence-electron chi connectivity index (χ1n) is 8.26. The molecule has 2 amide bonds. The number of hydrogen-bond donors (Lipinski definition) is 2. The van der Waals surface area contributed by atoms with Crippen LogP contribution in [0.5, 0.6) is 0 Å². The molecule has 0 aliphatic carbocycles. The van der Waals surface area contributed by atoms with Crippen molar-refractivity contribution in [1.29, 1.82) is 0 Å². The van der Waals surface area contributed by atoms with Crippen LogP contribution in [-0.2, 0) is 13.0 Å². The number of nitrogens with one attached hydrogen (secondary N) is 1. The van der Waals surface area contributed by atoms with Crippen LogP contribution in [0.4, 0.5) is 16.4 Å². The third-order valence-corrected chi connectivity index (χ3v) is 3.77. The van der Waals surface area contributed by atoms with Crippen molar-refractivity contribution in [1.82, 2.24) is 14.9 Å². The number of hydrogen-bond acceptors (Lipinski definition) is 4. The van der Waals surface area contributed by atoms with Gasteiger partial charge in [0.2, 0.25) is 5.95 Å². The highest BCUT2D eigenvalue weighted by molar-refractivity contribution is 5.89. The minimum atomic E-state index is -0.175. The third kappa shape index (κ3) is 5.53. The standard InChI is InChI=1S/C18H25N5O/c1-3-4-5-6-14-7-9-16(10-8-14)22-18(24)23(2)13-15-11-20-17(19)21-12-15/h7-12H,3-6,13H2,1-2H3,(H,22,24)(H2,19,20,21). The number of nitrogens with two attached hydrogens (primary N) is 1. The van der Waals surface area contributed by atoms with E-state index < -0.39 is 0 Å². The van der Waals surface area contributed by atoms with E-state index in [4.69, 9.17) is 5.73 Å². The Hall–Kier alpha value is -2.63. The minimum absolute atomic E-state index is 0.175. The Bertz CT molecular complexity index is 639. The Labute approximate surface area is 143 Å². The quantitative estimate of drug-likeness (QED) is 0.763. The number of amides is 2. The second kappa shape index (κ2) is 8.86. The number of nitrogens with zero attached hydrogens (tertiary/aromatic N) is 3. The van der Waals surface area contributed by atoms with Gasteiger partial charge in [-0.05, 0) is 30.5 Å². The first-order valence-corrected chi connectivity index (χ1v) is 8.26. The zero-order chi connectivity index (χ0) is 17.4. The number of benzene rings is 1. The van der Waals surface area contributed by atoms with Gasteiger partial charge in [0.05, 0.1) is 6.54 Å². The molecule has 0 radical (unpaired) electrons. The molecule has 1 heterocycles. The molecule has 0 bridgehead atoms. The number of nitrogen functional groups attached to an aromatic ring is 1. The highest BCUT2D eigenvalue weighted by Crippen LogP contribution is 2.13. The fourth-order valence-electron chi connectivity index (χ4n) is 2.34. The number of rotatable bonds is 7. The number of aryl methyl sites for hydroxylation is 1. The van der Waals surface area contributed by atoms with E-state index in [0.29, 0.717) is 6.54 Å². The summed E-state index contributed by atoms with van der Waals surface area (Å²) in [4.78, 5) is 21.7. The average molecular weight is 327 g/mol. The molecule has 3 N–H and O–H groups in total. The summed E-state index contributed by atoms with van der Waals surface area (Å²) in [7, 11) is 1.73. The second-order valence-corrected chi connectivity index (χ2v) is 5.89. The zero-order valence-corrected chi connectivity index (χ0v) is 14.3. The van der Waals surface area contributed by atoms with Crippen molar-refractivity contribution in [3.05, 3.63) is 47.8 Å². The number of carbonyl (C=O) groups excluding carboxylic acids is 1. The van der Waals surface area contributed by atoms with E-state index in [1.807, 2.05) is 12.1 Å². The first-order chi connectivity index (χ1) is 11.6. The van der Waals surface area contributed by atoms with Crippen molar-refractivity contribution >= 4 is 17.7 Å². The van der Waals surface area contributed by atoms with Gasteiger partial charge in [0.15, 0.2) is 0 Å². The molecule has 6 nitrogen and oxygen atoms in total.